The number of alkyl halides is 2. The molecule has 1 rings (SSSR count). The van der Waals surface area contributed by atoms with E-state index < -0.39 is 0 Å². The molecule has 0 nitrogen and oxygen atoms in total. The first-order valence-electron chi connectivity index (χ1n) is 8.21. The molecule has 1 aromatic rings. The molecule has 2 heteroatoms. The average molecular weight is 418 g/mol. The van der Waals surface area contributed by atoms with E-state index in [2.05, 4.69) is 71.7 Å². The Balaban J connectivity index is 2.57. The maximum atomic E-state index is 3.64. The van der Waals surface area contributed by atoms with Crippen molar-refractivity contribution in [1.29, 1.82) is 0 Å². The summed E-state index contributed by atoms with van der Waals surface area (Å²) in [5.41, 5.74) is 5.83. The van der Waals surface area contributed by atoms with Gasteiger partial charge in [-0.25, -0.2) is 0 Å². The normalized spacial score (nSPS) is 12.9. The lowest BCUT2D eigenvalue weighted by molar-refractivity contribution is 0.436. The van der Waals surface area contributed by atoms with E-state index in [0.717, 1.165) is 22.5 Å². The standard InChI is InChI=1S/C19H30Br2/c1-14(2)6-5-7-15(3)8-9-17-11-18(12-20)16(4)10-19(17)13-21/h10-11,14-15H,5-9,12-13H2,1-4H3. The SMILES string of the molecule is Cc1cc(CBr)c(CCC(C)CCCC(C)C)cc1CBr. The van der Waals surface area contributed by atoms with Crippen LogP contribution in [0.1, 0.15) is 68.7 Å². The molecule has 0 saturated heterocycles. The Morgan fingerprint density at radius 2 is 1.52 bits per heavy atom. The van der Waals surface area contributed by atoms with E-state index >= 15 is 0 Å². The van der Waals surface area contributed by atoms with Gasteiger partial charge in [-0.3, -0.25) is 0 Å². The van der Waals surface area contributed by atoms with E-state index in [1.165, 1.54) is 54.4 Å². The zero-order valence-electron chi connectivity index (χ0n) is 14.0. The molecule has 0 amide bonds. The van der Waals surface area contributed by atoms with Crippen molar-refractivity contribution >= 4 is 31.9 Å². The van der Waals surface area contributed by atoms with Crippen LogP contribution in [-0.4, -0.2) is 0 Å². The van der Waals surface area contributed by atoms with E-state index in [0.29, 0.717) is 0 Å². The molecular weight excluding hydrogens is 388 g/mol. The van der Waals surface area contributed by atoms with Crippen LogP contribution >= 0.6 is 31.9 Å². The van der Waals surface area contributed by atoms with Crippen LogP contribution in [0.4, 0.5) is 0 Å². The third-order valence-corrected chi connectivity index (χ3v) is 5.54. The van der Waals surface area contributed by atoms with E-state index in [4.69, 9.17) is 0 Å². The molecule has 0 fully saturated rings. The summed E-state index contributed by atoms with van der Waals surface area (Å²) >= 11 is 7.25. The molecule has 1 unspecified atom stereocenters. The summed E-state index contributed by atoms with van der Waals surface area (Å²) in [7, 11) is 0. The highest BCUT2D eigenvalue weighted by Crippen LogP contribution is 2.24. The predicted molar refractivity (Wildman–Crippen MR) is 103 cm³/mol. The summed E-state index contributed by atoms with van der Waals surface area (Å²) < 4.78 is 0. The minimum atomic E-state index is 0.834. The van der Waals surface area contributed by atoms with Gasteiger partial charge in [-0.15, -0.1) is 0 Å². The van der Waals surface area contributed by atoms with Crippen LogP contribution in [0.15, 0.2) is 12.1 Å². The smallest absolute Gasteiger partial charge is 0.0285 e. The van der Waals surface area contributed by atoms with Gasteiger partial charge < -0.3 is 0 Å². The van der Waals surface area contributed by atoms with E-state index in [1.54, 1.807) is 0 Å². The lowest BCUT2D eigenvalue weighted by Crippen LogP contribution is -2.02. The van der Waals surface area contributed by atoms with Crippen molar-refractivity contribution in [1.82, 2.24) is 0 Å². The fourth-order valence-electron chi connectivity index (χ4n) is 2.79. The van der Waals surface area contributed by atoms with Crippen molar-refractivity contribution in [3.05, 3.63) is 34.4 Å². The number of hydrogen-bond donors (Lipinski definition) is 0. The van der Waals surface area contributed by atoms with Gasteiger partial charge in [0.2, 0.25) is 0 Å². The largest absolute Gasteiger partial charge is 0.0876 e. The summed E-state index contributed by atoms with van der Waals surface area (Å²) in [6.07, 6.45) is 6.64. The van der Waals surface area contributed by atoms with Crippen LogP contribution < -0.4 is 0 Å². The van der Waals surface area contributed by atoms with Crippen LogP contribution in [0.2, 0.25) is 0 Å². The topological polar surface area (TPSA) is 0 Å². The van der Waals surface area contributed by atoms with Gasteiger partial charge in [-0.1, -0.05) is 84.0 Å². The molecule has 0 heterocycles. The molecule has 120 valence electrons. The van der Waals surface area contributed by atoms with Crippen LogP contribution in [0.25, 0.3) is 0 Å². The van der Waals surface area contributed by atoms with Crippen molar-refractivity contribution in [2.45, 2.75) is 70.5 Å². The second-order valence-corrected chi connectivity index (χ2v) is 7.90. The fraction of sp³-hybridized carbons (Fsp3) is 0.684. The molecule has 0 N–H and O–H groups in total. The molecule has 21 heavy (non-hydrogen) atoms. The van der Waals surface area contributed by atoms with Gasteiger partial charge in [0.1, 0.15) is 0 Å². The Bertz CT molecular complexity index is 424. The van der Waals surface area contributed by atoms with E-state index in [-0.39, 0.29) is 0 Å². The first kappa shape index (κ1) is 19.2. The van der Waals surface area contributed by atoms with Crippen LogP contribution in [0, 0.1) is 18.8 Å². The van der Waals surface area contributed by atoms with Gasteiger partial charge in [0, 0.05) is 10.7 Å². The lowest BCUT2D eigenvalue weighted by atomic mass is 9.91. The Hall–Kier alpha value is 0.180. The number of aryl methyl sites for hydroxylation is 2. The highest BCUT2D eigenvalue weighted by molar-refractivity contribution is 9.08. The quantitative estimate of drug-likeness (QED) is 0.373. The maximum Gasteiger partial charge on any atom is 0.0285 e. The third kappa shape index (κ3) is 6.86. The summed E-state index contributed by atoms with van der Waals surface area (Å²) in [5, 5.41) is 1.92. The second kappa shape index (κ2) is 10.0. The van der Waals surface area contributed by atoms with Gasteiger partial charge >= 0.3 is 0 Å². The van der Waals surface area contributed by atoms with Crippen molar-refractivity contribution in [3.8, 4) is 0 Å². The Labute approximate surface area is 148 Å². The van der Waals surface area contributed by atoms with Crippen molar-refractivity contribution in [3.63, 3.8) is 0 Å². The molecule has 1 atom stereocenters. The van der Waals surface area contributed by atoms with Gasteiger partial charge in [0.05, 0.1) is 0 Å². The molecule has 0 saturated carbocycles. The summed E-state index contributed by atoms with van der Waals surface area (Å²) in [6, 6.07) is 4.76. The van der Waals surface area contributed by atoms with Crippen molar-refractivity contribution < 1.29 is 0 Å². The summed E-state index contributed by atoms with van der Waals surface area (Å²) in [6.45, 7) is 9.26. The van der Waals surface area contributed by atoms with Crippen LogP contribution in [0.5, 0.6) is 0 Å². The van der Waals surface area contributed by atoms with Gasteiger partial charge in [-0.2, -0.15) is 0 Å². The molecule has 0 aliphatic carbocycles. The number of benzene rings is 1. The average Bonchev–Trinajstić information content (AvgIpc) is 2.45. The molecule has 1 aromatic carbocycles. The van der Waals surface area contributed by atoms with Gasteiger partial charge in [0.25, 0.3) is 0 Å². The molecule has 0 aliphatic heterocycles. The Kier molecular flexibility index (Phi) is 9.20. The summed E-state index contributed by atoms with van der Waals surface area (Å²) in [5.74, 6) is 1.68. The van der Waals surface area contributed by atoms with Crippen molar-refractivity contribution in [2.75, 3.05) is 0 Å². The van der Waals surface area contributed by atoms with E-state index in [1.807, 2.05) is 0 Å². The zero-order valence-corrected chi connectivity index (χ0v) is 17.2. The van der Waals surface area contributed by atoms with Crippen molar-refractivity contribution in [2.24, 2.45) is 11.8 Å². The summed E-state index contributed by atoms with van der Waals surface area (Å²) in [4.78, 5) is 0. The number of hydrogen-bond acceptors (Lipinski definition) is 0. The highest BCUT2D eigenvalue weighted by atomic mass is 79.9. The molecule has 0 spiro atoms. The molecule has 0 radical (unpaired) electrons. The zero-order chi connectivity index (χ0) is 15.8. The minimum absolute atomic E-state index is 0.834. The monoisotopic (exact) mass is 416 g/mol. The molecule has 0 aromatic heterocycles. The first-order valence-corrected chi connectivity index (χ1v) is 10.4. The van der Waals surface area contributed by atoms with Gasteiger partial charge in [-0.05, 0) is 53.9 Å². The van der Waals surface area contributed by atoms with Crippen LogP contribution in [-0.2, 0) is 17.1 Å². The molecular formula is C19H30Br2. The van der Waals surface area contributed by atoms with E-state index in [9.17, 15) is 0 Å². The predicted octanol–water partition coefficient (Wildman–Crippen LogP) is 7.18. The molecule has 0 bridgehead atoms. The fourth-order valence-corrected chi connectivity index (χ4v) is 3.91. The third-order valence-electron chi connectivity index (χ3n) is 4.33. The van der Waals surface area contributed by atoms with Gasteiger partial charge in [0.15, 0.2) is 0 Å². The molecule has 0 aliphatic rings. The van der Waals surface area contributed by atoms with Crippen LogP contribution in [0.3, 0.4) is 0 Å². The Morgan fingerprint density at radius 1 is 0.857 bits per heavy atom. The number of halogens is 2. The number of rotatable bonds is 9. The highest BCUT2D eigenvalue weighted by Gasteiger charge is 2.09. The maximum absolute atomic E-state index is 3.64. The second-order valence-electron chi connectivity index (χ2n) is 6.78. The lowest BCUT2D eigenvalue weighted by Gasteiger charge is -2.15. The Morgan fingerprint density at radius 3 is 2.10 bits per heavy atom. The minimum Gasteiger partial charge on any atom is -0.0876 e. The first-order chi connectivity index (χ1) is 9.97.